The van der Waals surface area contributed by atoms with E-state index in [1.54, 1.807) is 12.1 Å². The molecule has 0 radical (unpaired) electrons. The summed E-state index contributed by atoms with van der Waals surface area (Å²) in [6, 6.07) is 3.27. The molecule has 0 aliphatic heterocycles. The maximum atomic E-state index is 11.0. The highest BCUT2D eigenvalue weighted by molar-refractivity contribution is 7.90. The molecule has 0 saturated heterocycles. The molecule has 0 saturated carbocycles. The molecule has 0 bridgehead atoms. The van der Waals surface area contributed by atoms with Crippen molar-refractivity contribution in [1.29, 1.82) is 0 Å². The second-order valence-electron chi connectivity index (χ2n) is 3.20. The van der Waals surface area contributed by atoms with Crippen molar-refractivity contribution in [3.05, 3.63) is 24.0 Å². The molecular weight excluding hydrogens is 218 g/mol. The standard InChI is InChI=1S/C9H13NO4S/c1-14-8-4-3-5-10-9(8)7(11)6-15(2,12)13/h3-5,7,11H,6H2,1-2H3. The van der Waals surface area contributed by atoms with E-state index in [2.05, 4.69) is 4.98 Å². The maximum absolute atomic E-state index is 11.0. The number of hydrogen-bond donors (Lipinski definition) is 1. The van der Waals surface area contributed by atoms with Gasteiger partial charge in [0.2, 0.25) is 0 Å². The highest BCUT2D eigenvalue weighted by Gasteiger charge is 2.19. The summed E-state index contributed by atoms with van der Waals surface area (Å²) in [7, 11) is -1.80. The van der Waals surface area contributed by atoms with Crippen LogP contribution in [0.1, 0.15) is 11.8 Å². The van der Waals surface area contributed by atoms with Crippen molar-refractivity contribution in [2.24, 2.45) is 0 Å². The third-order valence-corrected chi connectivity index (χ3v) is 2.72. The van der Waals surface area contributed by atoms with Gasteiger partial charge in [-0.25, -0.2) is 8.42 Å². The fourth-order valence-corrected chi connectivity index (χ4v) is 1.92. The number of aliphatic hydroxyl groups is 1. The Labute approximate surface area is 88.6 Å². The average molecular weight is 231 g/mol. The number of hydrogen-bond acceptors (Lipinski definition) is 5. The number of nitrogens with zero attached hydrogens (tertiary/aromatic N) is 1. The Morgan fingerprint density at radius 2 is 2.27 bits per heavy atom. The van der Waals surface area contributed by atoms with E-state index in [1.807, 2.05) is 0 Å². The Hall–Kier alpha value is -1.14. The van der Waals surface area contributed by atoms with E-state index in [0.717, 1.165) is 6.26 Å². The minimum atomic E-state index is -3.24. The van der Waals surface area contributed by atoms with Gasteiger partial charge in [0.05, 0.1) is 12.9 Å². The van der Waals surface area contributed by atoms with Crippen LogP contribution in [0.5, 0.6) is 5.75 Å². The molecular formula is C9H13NO4S. The molecule has 0 spiro atoms. The first-order valence-corrected chi connectivity index (χ1v) is 6.35. The molecule has 1 unspecified atom stereocenters. The van der Waals surface area contributed by atoms with E-state index < -0.39 is 15.9 Å². The quantitative estimate of drug-likeness (QED) is 0.799. The number of ether oxygens (including phenoxy) is 1. The predicted molar refractivity (Wildman–Crippen MR) is 55.5 cm³/mol. The van der Waals surface area contributed by atoms with Crippen molar-refractivity contribution >= 4 is 9.84 Å². The molecule has 1 aromatic rings. The summed E-state index contributed by atoms with van der Waals surface area (Å²) in [6.45, 7) is 0. The number of aromatic nitrogens is 1. The summed E-state index contributed by atoms with van der Waals surface area (Å²) in [5, 5.41) is 9.65. The first kappa shape index (κ1) is 11.9. The van der Waals surface area contributed by atoms with Crippen LogP contribution in [0.15, 0.2) is 18.3 Å². The van der Waals surface area contributed by atoms with Crippen molar-refractivity contribution in [3.8, 4) is 5.75 Å². The number of rotatable bonds is 4. The number of pyridine rings is 1. The summed E-state index contributed by atoms with van der Waals surface area (Å²) in [5.74, 6) is 0.0223. The molecule has 0 fully saturated rings. The van der Waals surface area contributed by atoms with Crippen molar-refractivity contribution < 1.29 is 18.3 Å². The Kier molecular flexibility index (Phi) is 3.65. The lowest BCUT2D eigenvalue weighted by Crippen LogP contribution is -2.14. The first-order chi connectivity index (χ1) is 6.94. The molecule has 1 rings (SSSR count). The predicted octanol–water partition coefficient (Wildman–Crippen LogP) is 0.168. The largest absolute Gasteiger partial charge is 0.495 e. The minimum absolute atomic E-state index is 0.241. The van der Waals surface area contributed by atoms with Crippen LogP contribution in [0.3, 0.4) is 0 Å². The van der Waals surface area contributed by atoms with Gasteiger partial charge in [0.25, 0.3) is 0 Å². The number of sulfone groups is 1. The van der Waals surface area contributed by atoms with Crippen molar-refractivity contribution in [2.45, 2.75) is 6.10 Å². The van der Waals surface area contributed by atoms with Crippen LogP contribution in [0.4, 0.5) is 0 Å². The lowest BCUT2D eigenvalue weighted by Gasteiger charge is -2.12. The molecule has 15 heavy (non-hydrogen) atoms. The Morgan fingerprint density at radius 1 is 1.60 bits per heavy atom. The minimum Gasteiger partial charge on any atom is -0.495 e. The Bertz CT molecular complexity index is 429. The zero-order chi connectivity index (χ0) is 11.5. The maximum Gasteiger partial charge on any atom is 0.150 e. The number of methoxy groups -OCH3 is 1. The lowest BCUT2D eigenvalue weighted by molar-refractivity contribution is 0.191. The van der Waals surface area contributed by atoms with Crippen LogP contribution in [-0.2, 0) is 9.84 Å². The molecule has 1 N–H and O–H groups in total. The lowest BCUT2D eigenvalue weighted by atomic mass is 10.2. The van der Waals surface area contributed by atoms with E-state index in [9.17, 15) is 13.5 Å². The zero-order valence-electron chi connectivity index (χ0n) is 8.54. The molecule has 5 nitrogen and oxygen atoms in total. The fraction of sp³-hybridized carbons (Fsp3) is 0.444. The molecule has 1 aromatic heterocycles. The molecule has 1 heterocycles. The van der Waals surface area contributed by atoms with E-state index in [1.165, 1.54) is 13.3 Å². The molecule has 0 aliphatic carbocycles. The molecule has 0 aliphatic rings. The van der Waals surface area contributed by atoms with Gasteiger partial charge in [-0.3, -0.25) is 4.98 Å². The molecule has 0 amide bonds. The van der Waals surface area contributed by atoms with Crippen molar-refractivity contribution in [1.82, 2.24) is 4.98 Å². The summed E-state index contributed by atoms with van der Waals surface area (Å²) in [6.07, 6.45) is 1.38. The first-order valence-electron chi connectivity index (χ1n) is 4.28. The Morgan fingerprint density at radius 3 is 2.80 bits per heavy atom. The zero-order valence-corrected chi connectivity index (χ0v) is 9.36. The van der Waals surface area contributed by atoms with E-state index in [0.29, 0.717) is 5.75 Å². The van der Waals surface area contributed by atoms with Gasteiger partial charge < -0.3 is 9.84 Å². The van der Waals surface area contributed by atoms with Crippen LogP contribution >= 0.6 is 0 Å². The van der Waals surface area contributed by atoms with Gasteiger partial charge in [0.15, 0.2) is 0 Å². The van der Waals surface area contributed by atoms with Crippen LogP contribution in [0.25, 0.3) is 0 Å². The summed E-state index contributed by atoms with van der Waals surface area (Å²) < 4.78 is 26.9. The van der Waals surface area contributed by atoms with E-state index in [-0.39, 0.29) is 11.4 Å². The van der Waals surface area contributed by atoms with Gasteiger partial charge in [0.1, 0.15) is 27.4 Å². The molecule has 84 valence electrons. The molecule has 6 heteroatoms. The monoisotopic (exact) mass is 231 g/mol. The summed E-state index contributed by atoms with van der Waals surface area (Å²) >= 11 is 0. The highest BCUT2D eigenvalue weighted by Crippen LogP contribution is 2.22. The van der Waals surface area contributed by atoms with Crippen molar-refractivity contribution in [2.75, 3.05) is 19.1 Å². The smallest absolute Gasteiger partial charge is 0.150 e. The van der Waals surface area contributed by atoms with Gasteiger partial charge in [-0.05, 0) is 12.1 Å². The second kappa shape index (κ2) is 4.59. The normalized spacial score (nSPS) is 13.5. The second-order valence-corrected chi connectivity index (χ2v) is 5.38. The van der Waals surface area contributed by atoms with Crippen LogP contribution < -0.4 is 4.74 Å². The third-order valence-electron chi connectivity index (χ3n) is 1.80. The van der Waals surface area contributed by atoms with Gasteiger partial charge in [0, 0.05) is 12.5 Å². The summed E-state index contributed by atoms with van der Waals surface area (Å²) in [4.78, 5) is 3.89. The average Bonchev–Trinajstić information content (AvgIpc) is 2.15. The van der Waals surface area contributed by atoms with Gasteiger partial charge in [-0.15, -0.1) is 0 Å². The van der Waals surface area contributed by atoms with Gasteiger partial charge in [-0.1, -0.05) is 0 Å². The van der Waals surface area contributed by atoms with Crippen LogP contribution in [0.2, 0.25) is 0 Å². The SMILES string of the molecule is COc1cccnc1C(O)CS(C)(=O)=O. The third kappa shape index (κ3) is 3.49. The number of aliphatic hydroxyl groups excluding tert-OH is 1. The van der Waals surface area contributed by atoms with Gasteiger partial charge >= 0.3 is 0 Å². The molecule has 0 aromatic carbocycles. The topological polar surface area (TPSA) is 76.5 Å². The highest BCUT2D eigenvalue weighted by atomic mass is 32.2. The Balaban J connectivity index is 2.95. The van der Waals surface area contributed by atoms with E-state index in [4.69, 9.17) is 4.74 Å². The van der Waals surface area contributed by atoms with E-state index >= 15 is 0 Å². The molecule has 1 atom stereocenters. The van der Waals surface area contributed by atoms with Gasteiger partial charge in [-0.2, -0.15) is 0 Å². The van der Waals surface area contributed by atoms with Crippen molar-refractivity contribution in [3.63, 3.8) is 0 Å². The van der Waals surface area contributed by atoms with Crippen LogP contribution in [0, 0.1) is 0 Å². The van der Waals surface area contributed by atoms with Crippen LogP contribution in [-0.4, -0.2) is 37.6 Å². The fourth-order valence-electron chi connectivity index (χ4n) is 1.19. The summed E-state index contributed by atoms with van der Waals surface area (Å²) in [5.41, 5.74) is 0.241.